The first-order chi connectivity index (χ1) is 12.0. The molecule has 0 saturated carbocycles. The minimum Gasteiger partial charge on any atom is -0.497 e. The highest BCUT2D eigenvalue weighted by atomic mass is 16.5. The molecule has 5 heteroatoms. The van der Waals surface area contributed by atoms with Crippen LogP contribution < -0.4 is 10.1 Å². The van der Waals surface area contributed by atoms with Gasteiger partial charge >= 0.3 is 5.97 Å². The Hall–Kier alpha value is -2.82. The summed E-state index contributed by atoms with van der Waals surface area (Å²) in [5.74, 6) is -0.181. The van der Waals surface area contributed by atoms with Crippen molar-refractivity contribution in [2.75, 3.05) is 12.4 Å². The van der Waals surface area contributed by atoms with E-state index in [1.807, 2.05) is 32.0 Å². The molecule has 0 aromatic heterocycles. The number of amides is 1. The van der Waals surface area contributed by atoms with Gasteiger partial charge in [0, 0.05) is 5.69 Å². The first-order valence-electron chi connectivity index (χ1n) is 8.18. The topological polar surface area (TPSA) is 64.6 Å². The van der Waals surface area contributed by atoms with Gasteiger partial charge in [0.15, 0.2) is 6.10 Å². The molecule has 0 aliphatic carbocycles. The second kappa shape index (κ2) is 8.87. The predicted molar refractivity (Wildman–Crippen MR) is 96.5 cm³/mol. The number of para-hydroxylation sites is 1. The van der Waals surface area contributed by atoms with Crippen molar-refractivity contribution in [3.63, 3.8) is 0 Å². The van der Waals surface area contributed by atoms with Crippen molar-refractivity contribution in [1.29, 1.82) is 0 Å². The Morgan fingerprint density at radius 3 is 2.20 bits per heavy atom. The fraction of sp³-hybridized carbons (Fsp3) is 0.300. The van der Waals surface area contributed by atoms with E-state index < -0.39 is 12.1 Å². The van der Waals surface area contributed by atoms with Crippen LogP contribution in [0.15, 0.2) is 54.6 Å². The molecule has 1 N–H and O–H groups in total. The molecule has 0 heterocycles. The second-order valence-corrected chi connectivity index (χ2v) is 6.03. The third-order valence-corrected chi connectivity index (χ3v) is 3.67. The molecule has 0 saturated heterocycles. The van der Waals surface area contributed by atoms with Crippen LogP contribution in [0.4, 0.5) is 5.69 Å². The van der Waals surface area contributed by atoms with Gasteiger partial charge < -0.3 is 14.8 Å². The smallest absolute Gasteiger partial charge is 0.311 e. The monoisotopic (exact) mass is 341 g/mol. The molecule has 0 radical (unpaired) electrons. The van der Waals surface area contributed by atoms with Gasteiger partial charge in [0.2, 0.25) is 0 Å². The van der Waals surface area contributed by atoms with Crippen molar-refractivity contribution in [3.05, 3.63) is 60.2 Å². The number of carbonyl (C=O) groups excluding carboxylic acids is 2. The van der Waals surface area contributed by atoms with Crippen molar-refractivity contribution in [2.45, 2.75) is 26.4 Å². The summed E-state index contributed by atoms with van der Waals surface area (Å²) in [6.45, 7) is 3.69. The molecule has 0 unspecified atom stereocenters. The number of ether oxygens (including phenoxy) is 2. The Morgan fingerprint density at radius 1 is 1.00 bits per heavy atom. The first-order valence-corrected chi connectivity index (χ1v) is 8.18. The van der Waals surface area contributed by atoms with Crippen LogP contribution in [0, 0.1) is 5.92 Å². The fourth-order valence-corrected chi connectivity index (χ4v) is 2.32. The SMILES string of the molecule is COc1ccc(CC(=O)O[C@@H](C(=O)Nc2ccccc2)C(C)C)cc1. The molecule has 1 atom stereocenters. The van der Waals surface area contributed by atoms with Crippen molar-refractivity contribution in [3.8, 4) is 5.75 Å². The van der Waals surface area contributed by atoms with Crippen LogP contribution in [-0.4, -0.2) is 25.1 Å². The van der Waals surface area contributed by atoms with Crippen LogP contribution in [0.5, 0.6) is 5.75 Å². The zero-order valence-corrected chi connectivity index (χ0v) is 14.7. The van der Waals surface area contributed by atoms with Gasteiger partial charge in [-0.15, -0.1) is 0 Å². The summed E-state index contributed by atoms with van der Waals surface area (Å²) >= 11 is 0. The van der Waals surface area contributed by atoms with Crippen molar-refractivity contribution in [2.24, 2.45) is 5.92 Å². The van der Waals surface area contributed by atoms with E-state index in [2.05, 4.69) is 5.32 Å². The van der Waals surface area contributed by atoms with E-state index in [1.165, 1.54) is 0 Å². The maximum atomic E-state index is 12.4. The van der Waals surface area contributed by atoms with Crippen LogP contribution in [0.1, 0.15) is 19.4 Å². The fourth-order valence-electron chi connectivity index (χ4n) is 2.32. The van der Waals surface area contributed by atoms with E-state index in [9.17, 15) is 9.59 Å². The lowest BCUT2D eigenvalue weighted by Gasteiger charge is -2.21. The lowest BCUT2D eigenvalue weighted by atomic mass is 10.1. The molecular formula is C20H23NO4. The third-order valence-electron chi connectivity index (χ3n) is 3.67. The van der Waals surface area contributed by atoms with Crippen LogP contribution in [0.2, 0.25) is 0 Å². The molecule has 0 spiro atoms. The van der Waals surface area contributed by atoms with Gasteiger partial charge in [0.25, 0.3) is 5.91 Å². The molecule has 2 aromatic carbocycles. The average molecular weight is 341 g/mol. The summed E-state index contributed by atoms with van der Waals surface area (Å²) < 4.78 is 10.5. The van der Waals surface area contributed by atoms with E-state index in [-0.39, 0.29) is 18.2 Å². The summed E-state index contributed by atoms with van der Waals surface area (Å²) in [5, 5.41) is 2.77. The van der Waals surface area contributed by atoms with Crippen molar-refractivity contribution in [1.82, 2.24) is 0 Å². The largest absolute Gasteiger partial charge is 0.497 e. The van der Waals surface area contributed by atoms with Crippen molar-refractivity contribution >= 4 is 17.6 Å². The molecule has 25 heavy (non-hydrogen) atoms. The molecule has 2 rings (SSSR count). The van der Waals surface area contributed by atoms with Crippen LogP contribution in [0.25, 0.3) is 0 Å². The predicted octanol–water partition coefficient (Wildman–Crippen LogP) is 3.44. The minimum absolute atomic E-state index is 0.103. The summed E-state index contributed by atoms with van der Waals surface area (Å²) in [5.41, 5.74) is 1.47. The zero-order chi connectivity index (χ0) is 18.2. The van der Waals surface area contributed by atoms with E-state index in [0.717, 1.165) is 11.3 Å². The number of anilines is 1. The number of carbonyl (C=O) groups is 2. The molecule has 5 nitrogen and oxygen atoms in total. The normalized spacial score (nSPS) is 11.7. The van der Waals surface area contributed by atoms with E-state index in [4.69, 9.17) is 9.47 Å². The number of methoxy groups -OCH3 is 1. The van der Waals surface area contributed by atoms with Gasteiger partial charge in [-0.25, -0.2) is 0 Å². The molecule has 0 fully saturated rings. The Kier molecular flexibility index (Phi) is 6.57. The van der Waals surface area contributed by atoms with E-state index >= 15 is 0 Å². The van der Waals surface area contributed by atoms with Crippen LogP contribution >= 0.6 is 0 Å². The lowest BCUT2D eigenvalue weighted by Crippen LogP contribution is -2.37. The highest BCUT2D eigenvalue weighted by molar-refractivity contribution is 5.95. The standard InChI is InChI=1S/C20H23NO4/c1-14(2)19(20(23)21-16-7-5-4-6-8-16)25-18(22)13-15-9-11-17(24-3)12-10-15/h4-12,14,19H,13H2,1-3H3,(H,21,23)/t19-/m1/s1. The molecule has 0 aliphatic rings. The van der Waals surface area contributed by atoms with Crippen molar-refractivity contribution < 1.29 is 19.1 Å². The number of hydrogen-bond acceptors (Lipinski definition) is 4. The highest BCUT2D eigenvalue weighted by Crippen LogP contribution is 2.15. The summed E-state index contributed by atoms with van der Waals surface area (Å²) in [6.07, 6.45) is -0.739. The number of rotatable bonds is 7. The van der Waals surface area contributed by atoms with Gasteiger partial charge in [-0.3, -0.25) is 9.59 Å². The molecule has 0 bridgehead atoms. The van der Waals surface area contributed by atoms with Gasteiger partial charge in [-0.2, -0.15) is 0 Å². The third kappa shape index (κ3) is 5.64. The Bertz CT molecular complexity index is 695. The maximum absolute atomic E-state index is 12.4. The number of nitrogens with one attached hydrogen (secondary N) is 1. The van der Waals surface area contributed by atoms with E-state index in [1.54, 1.807) is 43.5 Å². The Labute approximate surface area is 148 Å². The quantitative estimate of drug-likeness (QED) is 0.784. The maximum Gasteiger partial charge on any atom is 0.311 e. The van der Waals surface area contributed by atoms with Gasteiger partial charge in [-0.05, 0) is 35.7 Å². The Balaban J connectivity index is 1.97. The minimum atomic E-state index is -0.842. The molecular weight excluding hydrogens is 318 g/mol. The number of hydrogen-bond donors (Lipinski definition) is 1. The summed E-state index contributed by atoms with van der Waals surface area (Å²) in [7, 11) is 1.59. The highest BCUT2D eigenvalue weighted by Gasteiger charge is 2.26. The second-order valence-electron chi connectivity index (χ2n) is 6.03. The number of benzene rings is 2. The van der Waals surface area contributed by atoms with Gasteiger partial charge in [0.05, 0.1) is 13.5 Å². The summed E-state index contributed by atoms with van der Waals surface area (Å²) in [6, 6.07) is 16.3. The van der Waals surface area contributed by atoms with Crippen LogP contribution in [0.3, 0.4) is 0 Å². The molecule has 1 amide bonds. The number of esters is 1. The summed E-state index contributed by atoms with van der Waals surface area (Å²) in [4.78, 5) is 24.6. The molecule has 0 aliphatic heterocycles. The van der Waals surface area contributed by atoms with Gasteiger partial charge in [0.1, 0.15) is 5.75 Å². The lowest BCUT2D eigenvalue weighted by molar-refractivity contribution is -0.156. The first kappa shape index (κ1) is 18.5. The van der Waals surface area contributed by atoms with Gasteiger partial charge in [-0.1, -0.05) is 44.2 Å². The van der Waals surface area contributed by atoms with Crippen LogP contribution in [-0.2, 0) is 20.7 Å². The average Bonchev–Trinajstić information content (AvgIpc) is 2.61. The van der Waals surface area contributed by atoms with E-state index in [0.29, 0.717) is 5.69 Å². The Morgan fingerprint density at radius 2 is 1.64 bits per heavy atom. The zero-order valence-electron chi connectivity index (χ0n) is 14.7. The molecule has 132 valence electrons. The molecule has 2 aromatic rings.